The Balaban J connectivity index is 0.00000306. The summed E-state index contributed by atoms with van der Waals surface area (Å²) in [6.45, 7) is 4.87. The van der Waals surface area contributed by atoms with Gasteiger partial charge in [-0.25, -0.2) is 4.98 Å². The lowest BCUT2D eigenvalue weighted by molar-refractivity contribution is 0.0916. The maximum absolute atomic E-state index is 10.7. The number of fused-ring (bicyclic) bond motifs is 1. The topological polar surface area (TPSA) is 65.7 Å². The first kappa shape index (κ1) is 24.4. The van der Waals surface area contributed by atoms with Crippen LogP contribution in [0.2, 0.25) is 0 Å². The number of hydrogen-bond acceptors (Lipinski definition) is 5. The minimum Gasteiger partial charge on any atom is -0.497 e. The molecular weight excluding hydrogens is 440 g/mol. The van der Waals surface area contributed by atoms with Gasteiger partial charge in [0.25, 0.3) is 0 Å². The molecule has 7 heteroatoms. The molecular formula is C26H29ClN2O4. The van der Waals surface area contributed by atoms with Gasteiger partial charge in [-0.1, -0.05) is 36.4 Å². The highest BCUT2D eigenvalue weighted by Crippen LogP contribution is 2.25. The van der Waals surface area contributed by atoms with Crippen LogP contribution in [0.1, 0.15) is 17.0 Å². The Labute approximate surface area is 200 Å². The van der Waals surface area contributed by atoms with E-state index in [1.54, 1.807) is 13.2 Å². The van der Waals surface area contributed by atoms with E-state index >= 15 is 0 Å². The molecule has 4 aromatic rings. The summed E-state index contributed by atoms with van der Waals surface area (Å²) in [5.74, 6) is 2.99. The molecule has 0 aliphatic rings. The molecule has 1 unspecified atom stereocenters. The summed E-state index contributed by atoms with van der Waals surface area (Å²) in [6, 6.07) is 21.3. The van der Waals surface area contributed by atoms with Gasteiger partial charge < -0.3 is 23.9 Å². The van der Waals surface area contributed by atoms with E-state index < -0.39 is 6.10 Å². The smallest absolute Gasteiger partial charge is 0.148 e. The zero-order chi connectivity index (χ0) is 22.5. The summed E-state index contributed by atoms with van der Waals surface area (Å²) < 4.78 is 19.2. The summed E-state index contributed by atoms with van der Waals surface area (Å²) in [5.41, 5.74) is 3.99. The van der Waals surface area contributed by atoms with E-state index in [1.165, 1.54) is 0 Å². The van der Waals surface area contributed by atoms with E-state index in [9.17, 15) is 5.11 Å². The summed E-state index contributed by atoms with van der Waals surface area (Å²) >= 11 is 0. The van der Waals surface area contributed by atoms with Crippen molar-refractivity contribution >= 4 is 23.4 Å². The molecule has 0 bridgehead atoms. The second-order valence-electron chi connectivity index (χ2n) is 7.78. The average Bonchev–Trinajstić information content (AvgIpc) is 3.15. The second-order valence-corrected chi connectivity index (χ2v) is 7.78. The summed E-state index contributed by atoms with van der Waals surface area (Å²) in [4.78, 5) is 4.75. The second kappa shape index (κ2) is 11.1. The van der Waals surface area contributed by atoms with Crippen molar-refractivity contribution in [2.45, 2.75) is 33.1 Å². The van der Waals surface area contributed by atoms with E-state index in [0.717, 1.165) is 33.7 Å². The van der Waals surface area contributed by atoms with Crippen LogP contribution >= 0.6 is 12.4 Å². The van der Waals surface area contributed by atoms with Gasteiger partial charge in [0.1, 0.15) is 42.4 Å². The SMILES string of the molecule is COc1cccc(OCC(O)Cn2c(COc3c(C)cccc3C)nc3ccccc32)c1.Cl. The molecule has 1 N–H and O–H groups in total. The highest BCUT2D eigenvalue weighted by molar-refractivity contribution is 5.85. The fraction of sp³-hybridized carbons (Fsp3) is 0.269. The van der Waals surface area contributed by atoms with Gasteiger partial charge in [0.05, 0.1) is 24.7 Å². The van der Waals surface area contributed by atoms with E-state index in [1.807, 2.05) is 79.1 Å². The molecule has 3 aromatic carbocycles. The van der Waals surface area contributed by atoms with Crippen molar-refractivity contribution in [1.29, 1.82) is 0 Å². The minimum atomic E-state index is -0.724. The number of para-hydroxylation sites is 3. The number of aliphatic hydroxyl groups excluding tert-OH is 1. The van der Waals surface area contributed by atoms with Gasteiger partial charge in [-0.05, 0) is 49.2 Å². The molecule has 174 valence electrons. The van der Waals surface area contributed by atoms with Gasteiger partial charge in [0.2, 0.25) is 0 Å². The number of imidazole rings is 1. The number of methoxy groups -OCH3 is 1. The molecule has 1 aromatic heterocycles. The van der Waals surface area contributed by atoms with Crippen LogP contribution in [0, 0.1) is 13.8 Å². The molecule has 1 heterocycles. The van der Waals surface area contributed by atoms with Crippen LogP contribution in [0.3, 0.4) is 0 Å². The molecule has 0 fully saturated rings. The van der Waals surface area contributed by atoms with E-state index in [0.29, 0.717) is 24.7 Å². The number of aliphatic hydroxyl groups is 1. The zero-order valence-electron chi connectivity index (χ0n) is 19.0. The lowest BCUT2D eigenvalue weighted by Gasteiger charge is -2.17. The van der Waals surface area contributed by atoms with Crippen LogP contribution in [0.4, 0.5) is 0 Å². The number of halogens is 1. The molecule has 6 nitrogen and oxygen atoms in total. The van der Waals surface area contributed by atoms with Gasteiger partial charge in [-0.15, -0.1) is 12.4 Å². The number of aromatic nitrogens is 2. The van der Waals surface area contributed by atoms with Crippen molar-refractivity contribution < 1.29 is 19.3 Å². The number of benzene rings is 3. The molecule has 0 saturated carbocycles. The van der Waals surface area contributed by atoms with Crippen LogP contribution in [0.15, 0.2) is 66.7 Å². The lowest BCUT2D eigenvalue weighted by Crippen LogP contribution is -2.25. The molecule has 0 amide bonds. The maximum atomic E-state index is 10.7. The lowest BCUT2D eigenvalue weighted by atomic mass is 10.1. The highest BCUT2D eigenvalue weighted by atomic mass is 35.5. The molecule has 33 heavy (non-hydrogen) atoms. The summed E-state index contributed by atoms with van der Waals surface area (Å²) in [6.07, 6.45) is -0.724. The fourth-order valence-electron chi connectivity index (χ4n) is 3.75. The third-order valence-electron chi connectivity index (χ3n) is 5.36. The Kier molecular flexibility index (Phi) is 8.20. The largest absolute Gasteiger partial charge is 0.497 e. The minimum absolute atomic E-state index is 0. The van der Waals surface area contributed by atoms with Crippen molar-refractivity contribution in [2.24, 2.45) is 0 Å². The highest BCUT2D eigenvalue weighted by Gasteiger charge is 2.16. The van der Waals surface area contributed by atoms with Crippen LogP contribution in [0.25, 0.3) is 11.0 Å². The van der Waals surface area contributed by atoms with E-state index in [2.05, 4.69) is 0 Å². The van der Waals surface area contributed by atoms with Crippen LogP contribution < -0.4 is 14.2 Å². The van der Waals surface area contributed by atoms with Crippen molar-refractivity contribution in [2.75, 3.05) is 13.7 Å². The molecule has 4 rings (SSSR count). The van der Waals surface area contributed by atoms with Gasteiger partial charge in [0.15, 0.2) is 0 Å². The van der Waals surface area contributed by atoms with Gasteiger partial charge in [-0.2, -0.15) is 0 Å². The van der Waals surface area contributed by atoms with Gasteiger partial charge in [0, 0.05) is 6.07 Å². The molecule has 0 aliphatic carbocycles. The molecule has 1 atom stereocenters. The Hall–Kier alpha value is -3.22. The monoisotopic (exact) mass is 468 g/mol. The van der Waals surface area contributed by atoms with Crippen molar-refractivity contribution in [1.82, 2.24) is 9.55 Å². The van der Waals surface area contributed by atoms with Gasteiger partial charge >= 0.3 is 0 Å². The zero-order valence-corrected chi connectivity index (χ0v) is 19.8. The average molecular weight is 469 g/mol. The Bertz CT molecular complexity index is 1190. The van der Waals surface area contributed by atoms with E-state index in [-0.39, 0.29) is 19.0 Å². The Morgan fingerprint density at radius 1 is 0.909 bits per heavy atom. The number of nitrogens with zero attached hydrogens (tertiary/aromatic N) is 2. The molecule has 0 radical (unpaired) electrons. The first-order valence-electron chi connectivity index (χ1n) is 10.6. The molecule has 0 aliphatic heterocycles. The van der Waals surface area contributed by atoms with Gasteiger partial charge in [-0.3, -0.25) is 0 Å². The van der Waals surface area contributed by atoms with Crippen molar-refractivity contribution in [3.8, 4) is 17.2 Å². The predicted molar refractivity (Wildman–Crippen MR) is 132 cm³/mol. The predicted octanol–water partition coefficient (Wildman–Crippen LogP) is 5.10. The maximum Gasteiger partial charge on any atom is 0.148 e. The molecule has 0 spiro atoms. The van der Waals surface area contributed by atoms with Crippen molar-refractivity contribution in [3.05, 3.63) is 83.7 Å². The Morgan fingerprint density at radius 3 is 2.36 bits per heavy atom. The third kappa shape index (κ3) is 5.78. The summed E-state index contributed by atoms with van der Waals surface area (Å²) in [5, 5.41) is 10.7. The first-order chi connectivity index (χ1) is 15.5. The van der Waals surface area contributed by atoms with Crippen LogP contribution in [0.5, 0.6) is 17.2 Å². The first-order valence-corrected chi connectivity index (χ1v) is 10.6. The number of rotatable bonds is 9. The number of hydrogen-bond donors (Lipinski definition) is 1. The Morgan fingerprint density at radius 2 is 1.61 bits per heavy atom. The van der Waals surface area contributed by atoms with Crippen LogP contribution in [-0.4, -0.2) is 34.5 Å². The normalized spacial score (nSPS) is 11.6. The quantitative estimate of drug-likeness (QED) is 0.370. The standard InChI is InChI=1S/C26H28N2O4.ClH/c1-18-8-6-9-19(2)26(18)32-17-25-27-23-12-4-5-13-24(23)28(25)15-20(29)16-31-22-11-7-10-21(14-22)30-3;/h4-14,20,29H,15-17H2,1-3H3;1H. The number of ether oxygens (including phenoxy) is 3. The number of aryl methyl sites for hydroxylation is 2. The molecule has 0 saturated heterocycles. The van der Waals surface area contributed by atoms with Crippen molar-refractivity contribution in [3.63, 3.8) is 0 Å². The van der Waals surface area contributed by atoms with Crippen LogP contribution in [-0.2, 0) is 13.2 Å². The summed E-state index contributed by atoms with van der Waals surface area (Å²) in [7, 11) is 1.61. The van der Waals surface area contributed by atoms with E-state index in [4.69, 9.17) is 19.2 Å². The third-order valence-corrected chi connectivity index (χ3v) is 5.36. The fourth-order valence-corrected chi connectivity index (χ4v) is 3.75.